The van der Waals surface area contributed by atoms with E-state index in [-0.39, 0.29) is 17.1 Å². The molecule has 3 rings (SSSR count). The lowest BCUT2D eigenvalue weighted by Crippen LogP contribution is -2.59. The van der Waals surface area contributed by atoms with Crippen LogP contribution in [0.4, 0.5) is 0 Å². The van der Waals surface area contributed by atoms with Gasteiger partial charge in [0.1, 0.15) is 0 Å². The van der Waals surface area contributed by atoms with E-state index < -0.39 is 10.0 Å². The first-order valence-electron chi connectivity index (χ1n) is 8.24. The van der Waals surface area contributed by atoms with E-state index in [1.165, 1.54) is 5.56 Å². The molecule has 2 fully saturated rings. The molecule has 5 nitrogen and oxygen atoms in total. The average Bonchev–Trinajstić information content (AvgIpc) is 2.98. The van der Waals surface area contributed by atoms with Crippen molar-refractivity contribution in [2.24, 2.45) is 5.41 Å². The van der Waals surface area contributed by atoms with Crippen LogP contribution in [0.5, 0.6) is 0 Å². The van der Waals surface area contributed by atoms with Crippen LogP contribution in [0.2, 0.25) is 0 Å². The van der Waals surface area contributed by atoms with Crippen molar-refractivity contribution in [3.8, 4) is 0 Å². The molecule has 0 aromatic heterocycles. The quantitative estimate of drug-likeness (QED) is 0.819. The highest BCUT2D eigenvalue weighted by molar-refractivity contribution is 7.89. The molecule has 1 spiro atoms. The van der Waals surface area contributed by atoms with Crippen LogP contribution in [0.3, 0.4) is 0 Å². The van der Waals surface area contributed by atoms with Crippen molar-refractivity contribution in [2.75, 3.05) is 31.9 Å². The standard InChI is InChI=1S/C17H24N2O3S/c1-2-23(21,22)19-11-10-17(14-19)12-18(13-17)16(20)9-8-15-6-4-3-5-7-15/h3-7H,2,8-14H2,1H3. The van der Waals surface area contributed by atoms with Gasteiger partial charge in [-0.25, -0.2) is 12.7 Å². The van der Waals surface area contributed by atoms with Crippen LogP contribution in [0.15, 0.2) is 30.3 Å². The van der Waals surface area contributed by atoms with Crippen molar-refractivity contribution < 1.29 is 13.2 Å². The SMILES string of the molecule is CCS(=O)(=O)N1CCC2(CN(C(=O)CCc3ccccc3)C2)C1. The Labute approximate surface area is 138 Å². The van der Waals surface area contributed by atoms with Crippen molar-refractivity contribution in [1.82, 2.24) is 9.21 Å². The van der Waals surface area contributed by atoms with Gasteiger partial charge in [0.2, 0.25) is 15.9 Å². The van der Waals surface area contributed by atoms with E-state index in [0.717, 1.165) is 12.8 Å². The lowest BCUT2D eigenvalue weighted by atomic mass is 9.79. The van der Waals surface area contributed by atoms with Gasteiger partial charge in [-0.2, -0.15) is 0 Å². The van der Waals surface area contributed by atoms with Crippen molar-refractivity contribution in [3.63, 3.8) is 0 Å². The third kappa shape index (κ3) is 3.43. The Morgan fingerprint density at radius 1 is 1.17 bits per heavy atom. The summed E-state index contributed by atoms with van der Waals surface area (Å²) in [4.78, 5) is 14.1. The van der Waals surface area contributed by atoms with Gasteiger partial charge in [-0.1, -0.05) is 30.3 Å². The van der Waals surface area contributed by atoms with Crippen LogP contribution in [-0.4, -0.2) is 55.5 Å². The zero-order valence-corrected chi connectivity index (χ0v) is 14.4. The van der Waals surface area contributed by atoms with E-state index in [2.05, 4.69) is 0 Å². The number of carbonyl (C=O) groups is 1. The maximum Gasteiger partial charge on any atom is 0.222 e. The van der Waals surface area contributed by atoms with Gasteiger partial charge in [0.15, 0.2) is 0 Å². The summed E-state index contributed by atoms with van der Waals surface area (Å²) in [6.45, 7) is 4.26. The Bertz CT molecular complexity index is 666. The van der Waals surface area contributed by atoms with Crippen molar-refractivity contribution in [1.29, 1.82) is 0 Å². The van der Waals surface area contributed by atoms with E-state index in [1.807, 2.05) is 35.2 Å². The molecule has 2 aliphatic heterocycles. The minimum Gasteiger partial charge on any atom is -0.341 e. The minimum absolute atomic E-state index is 0.00461. The molecule has 1 aromatic rings. The summed E-state index contributed by atoms with van der Waals surface area (Å²) in [5.41, 5.74) is 1.18. The number of hydrogen-bond donors (Lipinski definition) is 0. The average molecular weight is 336 g/mol. The van der Waals surface area contributed by atoms with Crippen molar-refractivity contribution in [2.45, 2.75) is 26.2 Å². The van der Waals surface area contributed by atoms with Gasteiger partial charge in [-0.05, 0) is 25.3 Å². The largest absolute Gasteiger partial charge is 0.341 e. The molecule has 0 bridgehead atoms. The Kier molecular flexibility index (Phi) is 4.47. The maximum absolute atomic E-state index is 12.3. The maximum atomic E-state index is 12.3. The summed E-state index contributed by atoms with van der Waals surface area (Å²) in [7, 11) is -3.10. The minimum atomic E-state index is -3.10. The number of benzene rings is 1. The smallest absolute Gasteiger partial charge is 0.222 e. The third-order valence-electron chi connectivity index (χ3n) is 5.04. The molecule has 1 amide bonds. The highest BCUT2D eigenvalue weighted by Gasteiger charge is 2.50. The second-order valence-electron chi connectivity index (χ2n) is 6.72. The number of aryl methyl sites for hydroxylation is 1. The normalized spacial score (nSPS) is 20.7. The summed E-state index contributed by atoms with van der Waals surface area (Å²) >= 11 is 0. The number of hydrogen-bond acceptors (Lipinski definition) is 3. The number of nitrogens with zero attached hydrogens (tertiary/aromatic N) is 2. The first-order valence-corrected chi connectivity index (χ1v) is 9.85. The highest BCUT2D eigenvalue weighted by Crippen LogP contribution is 2.40. The van der Waals surface area contributed by atoms with Crippen LogP contribution in [-0.2, 0) is 21.2 Å². The Morgan fingerprint density at radius 3 is 2.52 bits per heavy atom. The Hall–Kier alpha value is -1.40. The summed E-state index contributed by atoms with van der Waals surface area (Å²) in [5, 5.41) is 0. The molecule has 2 saturated heterocycles. The van der Waals surface area contributed by atoms with Gasteiger partial charge in [0.25, 0.3) is 0 Å². The predicted molar refractivity (Wildman–Crippen MR) is 89.4 cm³/mol. The van der Waals surface area contributed by atoms with Gasteiger partial charge < -0.3 is 4.90 Å². The van der Waals surface area contributed by atoms with Crippen LogP contribution in [0.25, 0.3) is 0 Å². The van der Waals surface area contributed by atoms with Crippen LogP contribution >= 0.6 is 0 Å². The fraction of sp³-hybridized carbons (Fsp3) is 0.588. The molecular formula is C17H24N2O3S. The molecule has 0 saturated carbocycles. The van der Waals surface area contributed by atoms with Crippen LogP contribution < -0.4 is 0 Å². The molecule has 0 radical (unpaired) electrons. The molecular weight excluding hydrogens is 312 g/mol. The summed E-state index contributed by atoms with van der Waals surface area (Å²) in [6, 6.07) is 10.0. The molecule has 1 aromatic carbocycles. The van der Waals surface area contributed by atoms with Crippen LogP contribution in [0.1, 0.15) is 25.3 Å². The Balaban J connectivity index is 1.48. The molecule has 126 valence electrons. The lowest BCUT2D eigenvalue weighted by Gasteiger charge is -2.48. The molecule has 23 heavy (non-hydrogen) atoms. The lowest BCUT2D eigenvalue weighted by molar-refractivity contribution is -0.142. The van der Waals surface area contributed by atoms with E-state index in [1.54, 1.807) is 11.2 Å². The molecule has 0 unspecified atom stereocenters. The van der Waals surface area contributed by atoms with Gasteiger partial charge in [0, 0.05) is 38.0 Å². The van der Waals surface area contributed by atoms with Gasteiger partial charge in [0.05, 0.1) is 5.75 Å². The second-order valence-corrected chi connectivity index (χ2v) is 8.98. The van der Waals surface area contributed by atoms with Gasteiger partial charge in [-0.3, -0.25) is 4.79 Å². The Morgan fingerprint density at radius 2 is 1.87 bits per heavy atom. The van der Waals surface area contributed by atoms with E-state index >= 15 is 0 Å². The monoisotopic (exact) mass is 336 g/mol. The number of amides is 1. The third-order valence-corrected chi connectivity index (χ3v) is 6.87. The fourth-order valence-corrected chi connectivity index (χ4v) is 4.77. The van der Waals surface area contributed by atoms with E-state index in [9.17, 15) is 13.2 Å². The van der Waals surface area contributed by atoms with Crippen molar-refractivity contribution in [3.05, 3.63) is 35.9 Å². The molecule has 0 aliphatic carbocycles. The molecule has 0 atom stereocenters. The molecule has 2 aliphatic rings. The van der Waals surface area contributed by atoms with Crippen LogP contribution in [0, 0.1) is 5.41 Å². The number of likely N-dealkylation sites (tertiary alicyclic amines) is 1. The summed E-state index contributed by atoms with van der Waals surface area (Å²) < 4.78 is 25.5. The summed E-state index contributed by atoms with van der Waals surface area (Å²) in [5.74, 6) is 0.333. The number of sulfonamides is 1. The molecule has 2 heterocycles. The second kappa shape index (κ2) is 6.24. The number of carbonyl (C=O) groups excluding carboxylic acids is 1. The zero-order chi connectivity index (χ0) is 16.5. The van der Waals surface area contributed by atoms with Gasteiger partial charge >= 0.3 is 0 Å². The van der Waals surface area contributed by atoms with E-state index in [4.69, 9.17) is 0 Å². The first-order chi connectivity index (χ1) is 10.9. The zero-order valence-electron chi connectivity index (χ0n) is 13.6. The summed E-state index contributed by atoms with van der Waals surface area (Å²) in [6.07, 6.45) is 2.16. The highest BCUT2D eigenvalue weighted by atomic mass is 32.2. The number of rotatable bonds is 5. The van der Waals surface area contributed by atoms with E-state index in [0.29, 0.717) is 32.6 Å². The fourth-order valence-electron chi connectivity index (χ4n) is 3.57. The van der Waals surface area contributed by atoms with Gasteiger partial charge in [-0.15, -0.1) is 0 Å². The first kappa shape index (κ1) is 16.5. The topological polar surface area (TPSA) is 57.7 Å². The van der Waals surface area contributed by atoms with Crippen molar-refractivity contribution >= 4 is 15.9 Å². The molecule has 0 N–H and O–H groups in total. The molecule has 6 heteroatoms. The predicted octanol–water partition coefficient (Wildman–Crippen LogP) is 1.50.